The van der Waals surface area contributed by atoms with Crippen molar-refractivity contribution in [1.29, 1.82) is 0 Å². The summed E-state index contributed by atoms with van der Waals surface area (Å²) in [5, 5.41) is 14.8. The number of pyridine rings is 1. The second kappa shape index (κ2) is 6.53. The molecule has 2 rings (SSSR count). The van der Waals surface area contributed by atoms with E-state index in [2.05, 4.69) is 31.5 Å². The number of nitrogens with one attached hydrogen (secondary N) is 2. The molecule has 1 atom stereocenters. The number of hydrogen-bond donors (Lipinski definition) is 3. The largest absolute Gasteiger partial charge is 0.480 e. The molecule has 0 spiro atoms. The lowest BCUT2D eigenvalue weighted by molar-refractivity contribution is -0.139. The molecule has 110 valence electrons. The number of para-hydroxylation sites is 1. The number of rotatable bonds is 4. The SMILES string of the molecule is CCC(NC(=O)Nc1cccc2cc(Br)cnc12)C(=O)O. The van der Waals surface area contributed by atoms with Crippen molar-refractivity contribution in [3.05, 3.63) is 34.9 Å². The van der Waals surface area contributed by atoms with Gasteiger partial charge >= 0.3 is 12.0 Å². The molecule has 0 aliphatic rings. The van der Waals surface area contributed by atoms with Crippen LogP contribution in [0.15, 0.2) is 34.9 Å². The molecule has 2 amide bonds. The Labute approximate surface area is 129 Å². The van der Waals surface area contributed by atoms with E-state index in [1.807, 2.05) is 12.1 Å². The summed E-state index contributed by atoms with van der Waals surface area (Å²) in [6.07, 6.45) is 1.95. The number of benzene rings is 1. The van der Waals surface area contributed by atoms with E-state index in [9.17, 15) is 9.59 Å². The third kappa shape index (κ3) is 3.69. The molecule has 2 aromatic rings. The number of aromatic nitrogens is 1. The second-order valence-corrected chi connectivity index (χ2v) is 5.34. The van der Waals surface area contributed by atoms with Gasteiger partial charge in [0, 0.05) is 16.1 Å². The van der Waals surface area contributed by atoms with E-state index in [1.54, 1.807) is 25.3 Å². The van der Waals surface area contributed by atoms with E-state index in [4.69, 9.17) is 5.11 Å². The molecule has 21 heavy (non-hydrogen) atoms. The molecule has 3 N–H and O–H groups in total. The maximum absolute atomic E-state index is 11.9. The molecule has 0 saturated heterocycles. The fourth-order valence-corrected chi connectivity index (χ4v) is 2.24. The number of hydrogen-bond acceptors (Lipinski definition) is 3. The highest BCUT2D eigenvalue weighted by Gasteiger charge is 2.17. The number of carbonyl (C=O) groups excluding carboxylic acids is 1. The Hall–Kier alpha value is -2.15. The standard InChI is InChI=1S/C14H14BrN3O3/c1-2-10(13(19)20)17-14(21)18-11-5-3-4-8-6-9(15)7-16-12(8)11/h3-7,10H,2H2,1H3,(H,19,20)(H2,17,18,21). The summed E-state index contributed by atoms with van der Waals surface area (Å²) < 4.78 is 0.841. The Morgan fingerprint density at radius 1 is 1.43 bits per heavy atom. The summed E-state index contributed by atoms with van der Waals surface area (Å²) in [6, 6.07) is 5.79. The molecule has 0 bridgehead atoms. The molecule has 6 nitrogen and oxygen atoms in total. The zero-order chi connectivity index (χ0) is 15.4. The van der Waals surface area contributed by atoms with E-state index in [-0.39, 0.29) is 0 Å². The number of carbonyl (C=O) groups is 2. The van der Waals surface area contributed by atoms with Gasteiger partial charge in [-0.05, 0) is 34.5 Å². The van der Waals surface area contributed by atoms with Gasteiger partial charge in [0.15, 0.2) is 0 Å². The minimum atomic E-state index is -1.06. The van der Waals surface area contributed by atoms with E-state index in [0.717, 1.165) is 9.86 Å². The highest BCUT2D eigenvalue weighted by atomic mass is 79.9. The topological polar surface area (TPSA) is 91.3 Å². The van der Waals surface area contributed by atoms with Gasteiger partial charge in [-0.2, -0.15) is 0 Å². The first-order valence-corrected chi connectivity index (χ1v) is 7.15. The number of nitrogens with zero attached hydrogens (tertiary/aromatic N) is 1. The normalized spacial score (nSPS) is 11.9. The highest BCUT2D eigenvalue weighted by molar-refractivity contribution is 9.10. The van der Waals surface area contributed by atoms with Crippen LogP contribution in [0.25, 0.3) is 10.9 Å². The third-order valence-corrected chi connectivity index (χ3v) is 3.37. The molecule has 1 aromatic carbocycles. The van der Waals surface area contributed by atoms with Crippen LogP contribution in [-0.2, 0) is 4.79 Å². The van der Waals surface area contributed by atoms with Crippen molar-refractivity contribution < 1.29 is 14.7 Å². The molecule has 0 fully saturated rings. The van der Waals surface area contributed by atoms with E-state index in [0.29, 0.717) is 17.6 Å². The van der Waals surface area contributed by atoms with Gasteiger partial charge in [0.1, 0.15) is 6.04 Å². The molecule has 0 aliphatic heterocycles. The summed E-state index contributed by atoms with van der Waals surface area (Å²) in [6.45, 7) is 1.69. The van der Waals surface area contributed by atoms with Gasteiger partial charge in [0.25, 0.3) is 0 Å². The van der Waals surface area contributed by atoms with E-state index < -0.39 is 18.0 Å². The fourth-order valence-electron chi connectivity index (χ4n) is 1.89. The van der Waals surface area contributed by atoms with Crippen molar-refractivity contribution in [1.82, 2.24) is 10.3 Å². The van der Waals surface area contributed by atoms with Crippen molar-refractivity contribution in [3.63, 3.8) is 0 Å². The van der Waals surface area contributed by atoms with Crippen molar-refractivity contribution in [3.8, 4) is 0 Å². The molecule has 1 aromatic heterocycles. The summed E-state index contributed by atoms with van der Waals surface area (Å²) in [7, 11) is 0. The fraction of sp³-hybridized carbons (Fsp3) is 0.214. The van der Waals surface area contributed by atoms with Crippen LogP contribution < -0.4 is 10.6 Å². The Bertz CT molecular complexity index is 690. The Morgan fingerprint density at radius 3 is 2.86 bits per heavy atom. The van der Waals surface area contributed by atoms with Crippen LogP contribution in [0.4, 0.5) is 10.5 Å². The number of carboxylic acids is 1. The van der Waals surface area contributed by atoms with Gasteiger partial charge in [-0.25, -0.2) is 9.59 Å². The lowest BCUT2D eigenvalue weighted by Crippen LogP contribution is -2.42. The van der Waals surface area contributed by atoms with Crippen LogP contribution in [0.1, 0.15) is 13.3 Å². The lowest BCUT2D eigenvalue weighted by Gasteiger charge is -2.14. The number of carboxylic acid groups (broad SMARTS) is 1. The van der Waals surface area contributed by atoms with Crippen LogP contribution in [0, 0.1) is 0 Å². The summed E-state index contributed by atoms with van der Waals surface area (Å²) >= 11 is 3.34. The third-order valence-electron chi connectivity index (χ3n) is 2.94. The van der Waals surface area contributed by atoms with Crippen molar-refractivity contribution >= 4 is 44.5 Å². The number of halogens is 1. The smallest absolute Gasteiger partial charge is 0.326 e. The van der Waals surface area contributed by atoms with Gasteiger partial charge in [-0.15, -0.1) is 0 Å². The maximum Gasteiger partial charge on any atom is 0.326 e. The molecular formula is C14H14BrN3O3. The monoisotopic (exact) mass is 351 g/mol. The number of fused-ring (bicyclic) bond motifs is 1. The predicted octanol–water partition coefficient (Wildman–Crippen LogP) is 2.98. The van der Waals surface area contributed by atoms with Crippen molar-refractivity contribution in [2.45, 2.75) is 19.4 Å². The molecule has 1 unspecified atom stereocenters. The van der Waals surface area contributed by atoms with Crippen LogP contribution in [0.2, 0.25) is 0 Å². The zero-order valence-electron chi connectivity index (χ0n) is 11.3. The van der Waals surface area contributed by atoms with Crippen LogP contribution >= 0.6 is 15.9 Å². The van der Waals surface area contributed by atoms with Gasteiger partial charge in [-0.3, -0.25) is 4.98 Å². The predicted molar refractivity (Wildman–Crippen MR) is 83.3 cm³/mol. The average Bonchev–Trinajstić information content (AvgIpc) is 2.44. The number of aliphatic carboxylic acids is 1. The van der Waals surface area contributed by atoms with Crippen LogP contribution in [-0.4, -0.2) is 28.1 Å². The summed E-state index contributed by atoms with van der Waals surface area (Å²) in [5.41, 5.74) is 1.16. The molecule has 0 saturated carbocycles. The highest BCUT2D eigenvalue weighted by Crippen LogP contribution is 2.23. The Balaban J connectivity index is 2.20. The first kappa shape index (κ1) is 15.2. The van der Waals surface area contributed by atoms with Crippen molar-refractivity contribution in [2.24, 2.45) is 0 Å². The molecule has 7 heteroatoms. The quantitative estimate of drug-likeness (QED) is 0.789. The first-order chi connectivity index (χ1) is 10.0. The maximum atomic E-state index is 11.9. The number of anilines is 1. The zero-order valence-corrected chi connectivity index (χ0v) is 12.8. The van der Waals surface area contributed by atoms with Gasteiger partial charge in [0.05, 0.1) is 11.2 Å². The Kier molecular flexibility index (Phi) is 4.74. The average molecular weight is 352 g/mol. The number of amides is 2. The first-order valence-electron chi connectivity index (χ1n) is 6.36. The second-order valence-electron chi connectivity index (χ2n) is 4.43. The van der Waals surface area contributed by atoms with Gasteiger partial charge in [0.2, 0.25) is 0 Å². The molecular weight excluding hydrogens is 338 g/mol. The van der Waals surface area contributed by atoms with Crippen molar-refractivity contribution in [2.75, 3.05) is 5.32 Å². The number of urea groups is 1. The molecule has 0 aliphatic carbocycles. The van der Waals surface area contributed by atoms with Crippen LogP contribution in [0.3, 0.4) is 0 Å². The van der Waals surface area contributed by atoms with Gasteiger partial charge in [-0.1, -0.05) is 19.1 Å². The minimum absolute atomic E-state index is 0.309. The van der Waals surface area contributed by atoms with Crippen LogP contribution in [0.5, 0.6) is 0 Å². The van der Waals surface area contributed by atoms with Gasteiger partial charge < -0.3 is 15.7 Å². The minimum Gasteiger partial charge on any atom is -0.480 e. The lowest BCUT2D eigenvalue weighted by atomic mass is 10.2. The summed E-state index contributed by atoms with van der Waals surface area (Å²) in [4.78, 5) is 27.0. The Morgan fingerprint density at radius 2 is 2.19 bits per heavy atom. The molecule has 1 heterocycles. The summed E-state index contributed by atoms with van der Waals surface area (Å²) in [5.74, 6) is -1.06. The van der Waals surface area contributed by atoms with E-state index in [1.165, 1.54) is 0 Å². The van der Waals surface area contributed by atoms with E-state index >= 15 is 0 Å². The molecule has 0 radical (unpaired) electrons.